The first-order chi connectivity index (χ1) is 9.49. The molecule has 0 saturated heterocycles. The fraction of sp³-hybridized carbons (Fsp3) is 0.750. The second kappa shape index (κ2) is 9.50. The van der Waals surface area contributed by atoms with Crippen molar-refractivity contribution in [1.29, 1.82) is 0 Å². The summed E-state index contributed by atoms with van der Waals surface area (Å²) in [6, 6.07) is 2.21. The predicted octanol–water partition coefficient (Wildman–Crippen LogP) is 3.27. The Bertz CT molecular complexity index is 357. The molecule has 4 heteroatoms. The number of hydrogen-bond acceptors (Lipinski definition) is 4. The van der Waals surface area contributed by atoms with Crippen molar-refractivity contribution in [1.82, 2.24) is 5.32 Å². The van der Waals surface area contributed by atoms with Gasteiger partial charge in [-0.25, -0.2) is 0 Å². The van der Waals surface area contributed by atoms with E-state index in [1.807, 2.05) is 11.3 Å². The van der Waals surface area contributed by atoms with E-state index in [-0.39, 0.29) is 0 Å². The highest BCUT2D eigenvalue weighted by Gasteiger charge is 2.05. The van der Waals surface area contributed by atoms with Gasteiger partial charge in [-0.05, 0) is 44.2 Å². The van der Waals surface area contributed by atoms with E-state index in [1.165, 1.54) is 21.7 Å². The third-order valence-electron chi connectivity index (χ3n) is 3.28. The monoisotopic (exact) mass is 299 g/mol. The molecule has 3 nitrogen and oxygen atoms in total. The second-order valence-electron chi connectivity index (χ2n) is 5.85. The fourth-order valence-corrected chi connectivity index (χ4v) is 2.99. The zero-order chi connectivity index (χ0) is 15.0. The van der Waals surface area contributed by atoms with Crippen LogP contribution in [0.3, 0.4) is 0 Å². The third kappa shape index (κ3) is 7.39. The smallest absolute Gasteiger partial charge is 0.0897 e. The number of aliphatic hydroxyl groups excluding tert-OH is 1. The van der Waals surface area contributed by atoms with Crippen molar-refractivity contribution in [2.24, 2.45) is 5.92 Å². The van der Waals surface area contributed by atoms with Crippen LogP contribution in [0.25, 0.3) is 0 Å². The zero-order valence-corrected chi connectivity index (χ0v) is 14.1. The van der Waals surface area contributed by atoms with Crippen LogP contribution >= 0.6 is 11.3 Å². The molecule has 0 spiro atoms. The maximum Gasteiger partial charge on any atom is 0.0897 e. The maximum absolute atomic E-state index is 9.81. The molecule has 0 aliphatic heterocycles. The van der Waals surface area contributed by atoms with Crippen molar-refractivity contribution in [2.45, 2.75) is 53.2 Å². The van der Waals surface area contributed by atoms with Crippen molar-refractivity contribution < 1.29 is 9.84 Å². The summed E-state index contributed by atoms with van der Waals surface area (Å²) in [4.78, 5) is 2.70. The van der Waals surface area contributed by atoms with Crippen molar-refractivity contribution >= 4 is 11.3 Å². The molecule has 2 N–H and O–H groups in total. The molecule has 0 radical (unpaired) electrons. The Balaban J connectivity index is 2.04. The van der Waals surface area contributed by atoms with E-state index in [4.69, 9.17) is 4.74 Å². The van der Waals surface area contributed by atoms with Crippen LogP contribution in [0.5, 0.6) is 0 Å². The number of hydrogen-bond donors (Lipinski definition) is 2. The van der Waals surface area contributed by atoms with E-state index < -0.39 is 6.10 Å². The first-order valence-corrected chi connectivity index (χ1v) is 8.33. The molecule has 0 aromatic carbocycles. The van der Waals surface area contributed by atoms with Gasteiger partial charge in [0.15, 0.2) is 0 Å². The van der Waals surface area contributed by atoms with Crippen LogP contribution in [0, 0.1) is 19.8 Å². The van der Waals surface area contributed by atoms with E-state index in [0.29, 0.717) is 13.2 Å². The van der Waals surface area contributed by atoms with Gasteiger partial charge in [0.25, 0.3) is 0 Å². The van der Waals surface area contributed by atoms with Crippen LogP contribution in [-0.2, 0) is 11.3 Å². The molecule has 1 atom stereocenters. The maximum atomic E-state index is 9.81. The lowest BCUT2D eigenvalue weighted by atomic mass is 10.1. The molecular weight excluding hydrogens is 270 g/mol. The fourth-order valence-electron chi connectivity index (χ4n) is 1.97. The molecule has 1 aromatic heterocycles. The Labute approximate surface area is 127 Å². The van der Waals surface area contributed by atoms with Gasteiger partial charge in [0.05, 0.1) is 12.7 Å². The summed E-state index contributed by atoms with van der Waals surface area (Å²) in [5.74, 6) is 0.725. The van der Waals surface area contributed by atoms with Crippen LogP contribution in [0.2, 0.25) is 0 Å². The summed E-state index contributed by atoms with van der Waals surface area (Å²) in [5, 5.41) is 13.1. The minimum atomic E-state index is -0.420. The quantitative estimate of drug-likeness (QED) is 0.652. The molecule has 116 valence electrons. The number of ether oxygens (including phenoxy) is 1. The average molecular weight is 299 g/mol. The van der Waals surface area contributed by atoms with Gasteiger partial charge >= 0.3 is 0 Å². The minimum absolute atomic E-state index is 0.420. The van der Waals surface area contributed by atoms with Gasteiger partial charge in [0, 0.05) is 29.5 Å². The SMILES string of the molecule is Cc1cc(CNCC(O)COCCCC(C)C)sc1C. The van der Waals surface area contributed by atoms with Crippen LogP contribution < -0.4 is 5.32 Å². The molecule has 1 heterocycles. The number of aliphatic hydroxyl groups is 1. The Morgan fingerprint density at radius 3 is 2.70 bits per heavy atom. The van der Waals surface area contributed by atoms with E-state index in [0.717, 1.165) is 25.5 Å². The highest BCUT2D eigenvalue weighted by Crippen LogP contribution is 2.20. The Hall–Kier alpha value is -0.420. The average Bonchev–Trinajstić information content (AvgIpc) is 2.68. The van der Waals surface area contributed by atoms with E-state index in [9.17, 15) is 5.11 Å². The first-order valence-electron chi connectivity index (χ1n) is 7.51. The normalized spacial score (nSPS) is 13.1. The highest BCUT2D eigenvalue weighted by molar-refractivity contribution is 7.12. The lowest BCUT2D eigenvalue weighted by Crippen LogP contribution is -2.30. The standard InChI is InChI=1S/C16H29NO2S/c1-12(2)6-5-7-19-11-15(18)9-17-10-16-8-13(3)14(4)20-16/h8,12,15,17-18H,5-7,9-11H2,1-4H3. The number of nitrogens with one attached hydrogen (secondary N) is 1. The Kier molecular flexibility index (Phi) is 8.38. The molecule has 0 aliphatic rings. The van der Waals surface area contributed by atoms with Gasteiger partial charge in [-0.2, -0.15) is 0 Å². The van der Waals surface area contributed by atoms with E-state index in [2.05, 4.69) is 39.1 Å². The topological polar surface area (TPSA) is 41.5 Å². The van der Waals surface area contributed by atoms with Gasteiger partial charge in [-0.3, -0.25) is 0 Å². The molecule has 1 unspecified atom stereocenters. The Morgan fingerprint density at radius 2 is 2.10 bits per heavy atom. The zero-order valence-electron chi connectivity index (χ0n) is 13.2. The molecule has 0 aliphatic carbocycles. The van der Waals surface area contributed by atoms with Crippen LogP contribution in [0.4, 0.5) is 0 Å². The lowest BCUT2D eigenvalue weighted by Gasteiger charge is -2.12. The van der Waals surface area contributed by atoms with E-state index >= 15 is 0 Å². The second-order valence-corrected chi connectivity index (χ2v) is 7.19. The molecule has 1 rings (SSSR count). The summed E-state index contributed by atoms with van der Waals surface area (Å²) >= 11 is 1.82. The molecule has 1 aromatic rings. The molecule has 0 bridgehead atoms. The predicted molar refractivity (Wildman–Crippen MR) is 86.4 cm³/mol. The van der Waals surface area contributed by atoms with Crippen molar-refractivity contribution in [3.8, 4) is 0 Å². The molecule has 0 fully saturated rings. The summed E-state index contributed by atoms with van der Waals surface area (Å²) in [7, 11) is 0. The first kappa shape index (κ1) is 17.6. The van der Waals surface area contributed by atoms with Crippen LogP contribution in [0.15, 0.2) is 6.07 Å². The minimum Gasteiger partial charge on any atom is -0.389 e. The van der Waals surface area contributed by atoms with Gasteiger partial charge in [0.2, 0.25) is 0 Å². The van der Waals surface area contributed by atoms with Crippen molar-refractivity contribution in [3.63, 3.8) is 0 Å². The van der Waals surface area contributed by atoms with Crippen molar-refractivity contribution in [3.05, 3.63) is 21.4 Å². The van der Waals surface area contributed by atoms with Crippen LogP contribution in [-0.4, -0.2) is 31.0 Å². The van der Waals surface area contributed by atoms with Crippen LogP contribution in [0.1, 0.15) is 42.0 Å². The molecule has 0 amide bonds. The van der Waals surface area contributed by atoms with Gasteiger partial charge in [-0.1, -0.05) is 13.8 Å². The molecular formula is C16H29NO2S. The summed E-state index contributed by atoms with van der Waals surface area (Å²) in [6.07, 6.45) is 1.84. The molecule has 0 saturated carbocycles. The van der Waals surface area contributed by atoms with Gasteiger partial charge in [0.1, 0.15) is 0 Å². The Morgan fingerprint density at radius 1 is 1.35 bits per heavy atom. The summed E-state index contributed by atoms with van der Waals surface area (Å²) in [5.41, 5.74) is 1.35. The van der Waals surface area contributed by atoms with Gasteiger partial charge < -0.3 is 15.2 Å². The largest absolute Gasteiger partial charge is 0.389 e. The summed E-state index contributed by atoms with van der Waals surface area (Å²) in [6.45, 7) is 11.3. The van der Waals surface area contributed by atoms with E-state index in [1.54, 1.807) is 0 Å². The number of aryl methyl sites for hydroxylation is 2. The lowest BCUT2D eigenvalue weighted by molar-refractivity contribution is 0.0347. The highest BCUT2D eigenvalue weighted by atomic mass is 32.1. The number of thiophene rings is 1. The number of rotatable bonds is 10. The summed E-state index contributed by atoms with van der Waals surface area (Å²) < 4.78 is 5.48. The van der Waals surface area contributed by atoms with Gasteiger partial charge in [-0.15, -0.1) is 11.3 Å². The third-order valence-corrected chi connectivity index (χ3v) is 4.43. The van der Waals surface area contributed by atoms with Crippen molar-refractivity contribution in [2.75, 3.05) is 19.8 Å². The molecule has 20 heavy (non-hydrogen) atoms.